The van der Waals surface area contributed by atoms with Gasteiger partial charge in [-0.2, -0.15) is 0 Å². The molecule has 4 heteroatoms. The van der Waals surface area contributed by atoms with E-state index in [-0.39, 0.29) is 17.3 Å². The van der Waals surface area contributed by atoms with Gasteiger partial charge in [0.15, 0.2) is 0 Å². The minimum absolute atomic E-state index is 0.127. The molecule has 0 atom stereocenters. The van der Waals surface area contributed by atoms with Gasteiger partial charge in [0.1, 0.15) is 5.82 Å². The van der Waals surface area contributed by atoms with Gasteiger partial charge in [-0.25, -0.2) is 4.39 Å². The van der Waals surface area contributed by atoms with Gasteiger partial charge in [0.2, 0.25) is 5.91 Å². The van der Waals surface area contributed by atoms with E-state index in [0.717, 1.165) is 31.2 Å². The smallest absolute Gasteiger partial charge is 0.226 e. The molecule has 0 spiro atoms. The lowest BCUT2D eigenvalue weighted by molar-refractivity contribution is -0.117. The molecule has 104 valence electrons. The number of amides is 1. The number of aryl methyl sites for hydroxylation is 1. The van der Waals surface area contributed by atoms with Gasteiger partial charge in [0.25, 0.3) is 0 Å². The van der Waals surface area contributed by atoms with Crippen LogP contribution in [0.25, 0.3) is 0 Å². The zero-order valence-electron chi connectivity index (χ0n) is 11.3. The number of halogens is 1. The summed E-state index contributed by atoms with van der Waals surface area (Å²) < 4.78 is 13.2. The number of hydrogen-bond acceptors (Lipinski definition) is 2. The van der Waals surface area contributed by atoms with E-state index in [9.17, 15) is 9.18 Å². The summed E-state index contributed by atoms with van der Waals surface area (Å²) in [5.74, 6) is -0.473. The number of hydrogen-bond donors (Lipinski definition) is 2. The van der Waals surface area contributed by atoms with E-state index in [1.807, 2.05) is 6.92 Å². The predicted molar refractivity (Wildman–Crippen MR) is 74.4 cm³/mol. The van der Waals surface area contributed by atoms with Crippen molar-refractivity contribution in [3.63, 3.8) is 0 Å². The Bertz CT molecular complexity index is 467. The Morgan fingerprint density at radius 2 is 2.05 bits per heavy atom. The molecule has 0 aliphatic heterocycles. The molecule has 1 aromatic rings. The summed E-state index contributed by atoms with van der Waals surface area (Å²) in [6.07, 6.45) is 5.46. The van der Waals surface area contributed by atoms with E-state index >= 15 is 0 Å². The fourth-order valence-corrected chi connectivity index (χ4v) is 2.68. The number of benzene rings is 1. The van der Waals surface area contributed by atoms with Gasteiger partial charge in [0, 0.05) is 17.6 Å². The van der Waals surface area contributed by atoms with Gasteiger partial charge in [-0.1, -0.05) is 25.3 Å². The zero-order valence-corrected chi connectivity index (χ0v) is 11.3. The average molecular weight is 264 g/mol. The molecule has 2 rings (SSSR count). The van der Waals surface area contributed by atoms with Crippen LogP contribution in [-0.4, -0.2) is 11.4 Å². The molecule has 3 N–H and O–H groups in total. The van der Waals surface area contributed by atoms with E-state index in [0.29, 0.717) is 12.1 Å². The molecule has 1 aromatic carbocycles. The topological polar surface area (TPSA) is 55.1 Å². The van der Waals surface area contributed by atoms with Crippen LogP contribution in [0.5, 0.6) is 0 Å². The summed E-state index contributed by atoms with van der Waals surface area (Å²) in [5, 5.41) is 2.76. The molecule has 19 heavy (non-hydrogen) atoms. The first-order chi connectivity index (χ1) is 8.98. The van der Waals surface area contributed by atoms with Crippen LogP contribution in [0, 0.1) is 12.7 Å². The third-order valence-electron chi connectivity index (χ3n) is 3.84. The summed E-state index contributed by atoms with van der Waals surface area (Å²) >= 11 is 0. The maximum atomic E-state index is 13.2. The van der Waals surface area contributed by atoms with Gasteiger partial charge in [-0.3, -0.25) is 4.79 Å². The highest BCUT2D eigenvalue weighted by atomic mass is 19.1. The number of nitrogens with two attached hydrogens (primary N) is 1. The van der Waals surface area contributed by atoms with Crippen LogP contribution in [0.15, 0.2) is 18.2 Å². The van der Waals surface area contributed by atoms with Crippen molar-refractivity contribution < 1.29 is 9.18 Å². The second-order valence-electron chi connectivity index (χ2n) is 5.61. The molecule has 0 saturated heterocycles. The first-order valence-corrected chi connectivity index (χ1v) is 6.83. The quantitative estimate of drug-likeness (QED) is 0.881. The summed E-state index contributed by atoms with van der Waals surface area (Å²) in [6, 6.07) is 4.39. The van der Waals surface area contributed by atoms with Crippen molar-refractivity contribution in [2.24, 2.45) is 5.73 Å². The number of rotatable bonds is 3. The predicted octanol–water partition coefficient (Wildman–Crippen LogP) is 3.12. The molecule has 1 saturated carbocycles. The number of nitrogens with one attached hydrogen (secondary N) is 1. The van der Waals surface area contributed by atoms with Crippen molar-refractivity contribution in [1.29, 1.82) is 0 Å². The molecule has 1 amide bonds. The molecule has 3 nitrogen and oxygen atoms in total. The fourth-order valence-electron chi connectivity index (χ4n) is 2.68. The first kappa shape index (κ1) is 14.0. The minimum atomic E-state index is -0.385. The Morgan fingerprint density at radius 3 is 2.74 bits per heavy atom. The van der Waals surface area contributed by atoms with Crippen molar-refractivity contribution in [3.05, 3.63) is 29.6 Å². The van der Waals surface area contributed by atoms with Gasteiger partial charge < -0.3 is 11.1 Å². The SMILES string of the molecule is Cc1ccc(F)cc1NC(=O)CC1(N)CCCCC1. The molecule has 1 aliphatic rings. The van der Waals surface area contributed by atoms with Crippen LogP contribution < -0.4 is 11.1 Å². The van der Waals surface area contributed by atoms with Crippen LogP contribution >= 0.6 is 0 Å². The maximum absolute atomic E-state index is 13.2. The highest BCUT2D eigenvalue weighted by Gasteiger charge is 2.30. The van der Waals surface area contributed by atoms with Crippen LogP contribution in [0.2, 0.25) is 0 Å². The molecule has 0 unspecified atom stereocenters. The normalized spacial score (nSPS) is 18.1. The second-order valence-corrected chi connectivity index (χ2v) is 5.61. The van der Waals surface area contributed by atoms with Crippen molar-refractivity contribution >= 4 is 11.6 Å². The van der Waals surface area contributed by atoms with Gasteiger partial charge in [-0.05, 0) is 37.5 Å². The third-order valence-corrected chi connectivity index (χ3v) is 3.84. The zero-order chi connectivity index (χ0) is 13.9. The Hall–Kier alpha value is -1.42. The monoisotopic (exact) mass is 264 g/mol. The fraction of sp³-hybridized carbons (Fsp3) is 0.533. The van der Waals surface area contributed by atoms with Crippen LogP contribution in [0.1, 0.15) is 44.1 Å². The molecular weight excluding hydrogens is 243 g/mol. The summed E-state index contributed by atoms with van der Waals surface area (Å²) in [7, 11) is 0. The third kappa shape index (κ3) is 3.77. The number of anilines is 1. The Labute approximate surface area is 113 Å². The Balaban J connectivity index is 1.99. The highest BCUT2D eigenvalue weighted by molar-refractivity contribution is 5.92. The maximum Gasteiger partial charge on any atom is 0.226 e. The van der Waals surface area contributed by atoms with Crippen molar-refractivity contribution in [1.82, 2.24) is 0 Å². The first-order valence-electron chi connectivity index (χ1n) is 6.83. The lowest BCUT2D eigenvalue weighted by Gasteiger charge is -2.32. The molecule has 1 aliphatic carbocycles. The van der Waals surface area contributed by atoms with Gasteiger partial charge in [0.05, 0.1) is 0 Å². The highest BCUT2D eigenvalue weighted by Crippen LogP contribution is 2.29. The Morgan fingerprint density at radius 1 is 1.37 bits per heavy atom. The lowest BCUT2D eigenvalue weighted by atomic mass is 9.80. The van der Waals surface area contributed by atoms with Gasteiger partial charge in [-0.15, -0.1) is 0 Å². The number of carbonyl (C=O) groups is 1. The standard InChI is InChI=1S/C15H21FN2O/c1-11-5-6-12(16)9-13(11)18-14(19)10-15(17)7-3-2-4-8-15/h5-6,9H,2-4,7-8,10,17H2,1H3,(H,18,19). The Kier molecular flexibility index (Phi) is 4.20. The van der Waals surface area contributed by atoms with Crippen molar-refractivity contribution in [3.8, 4) is 0 Å². The van der Waals surface area contributed by atoms with E-state index in [2.05, 4.69) is 5.32 Å². The largest absolute Gasteiger partial charge is 0.326 e. The van der Waals surface area contributed by atoms with E-state index in [1.165, 1.54) is 18.6 Å². The summed E-state index contributed by atoms with van der Waals surface area (Å²) in [6.45, 7) is 1.84. The minimum Gasteiger partial charge on any atom is -0.326 e. The van der Waals surface area contributed by atoms with Crippen LogP contribution in [-0.2, 0) is 4.79 Å². The second kappa shape index (κ2) is 5.70. The molecule has 0 radical (unpaired) electrons. The molecule has 0 aromatic heterocycles. The van der Waals surface area contributed by atoms with Crippen molar-refractivity contribution in [2.75, 3.05) is 5.32 Å². The van der Waals surface area contributed by atoms with Crippen LogP contribution in [0.4, 0.5) is 10.1 Å². The lowest BCUT2D eigenvalue weighted by Crippen LogP contribution is -2.44. The number of carbonyl (C=O) groups excluding carboxylic acids is 1. The van der Waals surface area contributed by atoms with E-state index in [4.69, 9.17) is 5.73 Å². The van der Waals surface area contributed by atoms with Crippen molar-refractivity contribution in [2.45, 2.75) is 51.0 Å². The van der Waals surface area contributed by atoms with Gasteiger partial charge >= 0.3 is 0 Å². The summed E-state index contributed by atoms with van der Waals surface area (Å²) in [5.41, 5.74) is 7.24. The van der Waals surface area contributed by atoms with Crippen LogP contribution in [0.3, 0.4) is 0 Å². The average Bonchev–Trinajstić information content (AvgIpc) is 2.34. The summed E-state index contributed by atoms with van der Waals surface area (Å²) in [4.78, 5) is 12.0. The van der Waals surface area contributed by atoms with E-state index in [1.54, 1.807) is 6.07 Å². The molecular formula is C15H21FN2O. The molecule has 0 heterocycles. The van der Waals surface area contributed by atoms with E-state index < -0.39 is 0 Å². The molecule has 0 bridgehead atoms. The molecule has 1 fully saturated rings.